The summed E-state index contributed by atoms with van der Waals surface area (Å²) in [6.45, 7) is 3.91. The van der Waals surface area contributed by atoms with Crippen molar-refractivity contribution in [2.75, 3.05) is 0 Å². The van der Waals surface area contributed by atoms with Gasteiger partial charge in [-0.2, -0.15) is 0 Å². The zero-order valence-corrected chi connectivity index (χ0v) is 12.2. The Balaban J connectivity index is 0.00000147. The fourth-order valence-electron chi connectivity index (χ4n) is 2.62. The van der Waals surface area contributed by atoms with Crippen molar-refractivity contribution in [3.8, 4) is 0 Å². The average molecular weight is 298 g/mol. The summed E-state index contributed by atoms with van der Waals surface area (Å²) < 4.78 is 6.87. The van der Waals surface area contributed by atoms with Crippen LogP contribution in [0.2, 0.25) is 0 Å². The maximum Gasteiger partial charge on any atom is 0.275 e. The van der Waals surface area contributed by atoms with Gasteiger partial charge in [0, 0.05) is 31.3 Å². The van der Waals surface area contributed by atoms with Gasteiger partial charge in [-0.1, -0.05) is 0 Å². The first-order valence-corrected chi connectivity index (χ1v) is 6.07. The molecule has 3 heterocycles. The standard InChI is InChI=1S/C13H15N3O3.ClH/c1-7-4-10-9(5-14-7)6-19-13(10,18)11-8(2)15-16(3)12(11)17;/h4-5,15,18H,6H2,1-3H3;1H. The minimum Gasteiger partial charge on any atom is -1.00 e. The van der Waals surface area contributed by atoms with Crippen LogP contribution < -0.4 is 23.0 Å². The lowest BCUT2D eigenvalue weighted by atomic mass is 9.97. The van der Waals surface area contributed by atoms with Crippen LogP contribution >= 0.6 is 0 Å². The molecule has 1 aliphatic heterocycles. The van der Waals surface area contributed by atoms with E-state index >= 15 is 0 Å². The number of aryl methyl sites for hydroxylation is 3. The van der Waals surface area contributed by atoms with Crippen molar-refractivity contribution in [3.05, 3.63) is 50.7 Å². The molecule has 2 aromatic heterocycles. The highest BCUT2D eigenvalue weighted by atomic mass is 35.5. The molecule has 0 fully saturated rings. The van der Waals surface area contributed by atoms with Gasteiger partial charge in [0.1, 0.15) is 5.56 Å². The second kappa shape index (κ2) is 4.73. The molecule has 0 aromatic carbocycles. The zero-order valence-electron chi connectivity index (χ0n) is 11.5. The Bertz CT molecular complexity index is 722. The predicted octanol–water partition coefficient (Wildman–Crippen LogP) is -3.13. The number of ether oxygens (including phenoxy) is 1. The SMILES string of the molecule is Cc1cc2c(c[nH+]1)COC2(O)c1c(C)[nH]n(C)c1=O.[Cl-]. The smallest absolute Gasteiger partial charge is 0.275 e. The third-order valence-electron chi connectivity index (χ3n) is 3.55. The largest absolute Gasteiger partial charge is 1.00 e. The summed E-state index contributed by atoms with van der Waals surface area (Å²) in [5.74, 6) is -1.67. The minimum absolute atomic E-state index is 0. The number of halogens is 1. The number of aromatic amines is 2. The van der Waals surface area contributed by atoms with Gasteiger partial charge in [0.05, 0.1) is 12.2 Å². The quantitative estimate of drug-likeness (QED) is 0.584. The number of aromatic nitrogens is 3. The van der Waals surface area contributed by atoms with Gasteiger partial charge < -0.3 is 22.3 Å². The molecule has 20 heavy (non-hydrogen) atoms. The average Bonchev–Trinajstić information content (AvgIpc) is 2.80. The van der Waals surface area contributed by atoms with Crippen LogP contribution in [-0.4, -0.2) is 14.9 Å². The number of nitrogens with one attached hydrogen (secondary N) is 2. The summed E-state index contributed by atoms with van der Waals surface area (Å²) in [5.41, 5.74) is 2.96. The van der Waals surface area contributed by atoms with Crippen LogP contribution in [0.15, 0.2) is 17.1 Å². The van der Waals surface area contributed by atoms with Crippen LogP contribution in [0.3, 0.4) is 0 Å². The van der Waals surface area contributed by atoms with E-state index in [9.17, 15) is 9.90 Å². The van der Waals surface area contributed by atoms with E-state index in [1.165, 1.54) is 4.68 Å². The molecule has 0 spiro atoms. The van der Waals surface area contributed by atoms with Crippen molar-refractivity contribution < 1.29 is 27.2 Å². The highest BCUT2D eigenvalue weighted by Crippen LogP contribution is 2.38. The molecule has 7 heteroatoms. The van der Waals surface area contributed by atoms with Crippen molar-refractivity contribution in [3.63, 3.8) is 0 Å². The fourth-order valence-corrected chi connectivity index (χ4v) is 2.62. The van der Waals surface area contributed by atoms with E-state index in [1.54, 1.807) is 20.2 Å². The molecular formula is C13H16ClN3O3. The molecule has 2 aromatic rings. The van der Waals surface area contributed by atoms with Crippen molar-refractivity contribution in [1.82, 2.24) is 9.78 Å². The van der Waals surface area contributed by atoms with Gasteiger partial charge in [0.15, 0.2) is 11.9 Å². The van der Waals surface area contributed by atoms with Crippen molar-refractivity contribution >= 4 is 0 Å². The molecule has 0 bridgehead atoms. The van der Waals surface area contributed by atoms with Crippen molar-refractivity contribution in [2.24, 2.45) is 7.05 Å². The summed E-state index contributed by atoms with van der Waals surface area (Å²) in [4.78, 5) is 15.2. The number of fused-ring (bicyclic) bond motifs is 1. The number of rotatable bonds is 1. The van der Waals surface area contributed by atoms with Crippen molar-refractivity contribution in [1.29, 1.82) is 0 Å². The third kappa shape index (κ3) is 1.88. The summed E-state index contributed by atoms with van der Waals surface area (Å²) in [6, 6.07) is 1.81. The number of hydrogen-bond acceptors (Lipinski definition) is 3. The Kier molecular flexibility index (Phi) is 3.49. The second-order valence-electron chi connectivity index (χ2n) is 4.96. The maximum atomic E-state index is 12.2. The molecule has 108 valence electrons. The highest BCUT2D eigenvalue weighted by molar-refractivity contribution is 5.40. The second-order valence-corrected chi connectivity index (χ2v) is 4.96. The Morgan fingerprint density at radius 2 is 2.20 bits per heavy atom. The Morgan fingerprint density at radius 3 is 2.80 bits per heavy atom. The van der Waals surface area contributed by atoms with E-state index in [0.717, 1.165) is 11.3 Å². The Morgan fingerprint density at radius 1 is 1.50 bits per heavy atom. The van der Waals surface area contributed by atoms with Crippen LogP contribution in [0.5, 0.6) is 0 Å². The van der Waals surface area contributed by atoms with E-state index in [2.05, 4.69) is 10.1 Å². The lowest BCUT2D eigenvalue weighted by Gasteiger charge is -2.21. The summed E-state index contributed by atoms with van der Waals surface area (Å²) in [7, 11) is 1.61. The molecule has 0 aliphatic carbocycles. The first-order chi connectivity index (χ1) is 8.93. The first-order valence-electron chi connectivity index (χ1n) is 6.07. The van der Waals surface area contributed by atoms with Crippen LogP contribution in [0.1, 0.15) is 28.1 Å². The molecule has 0 saturated heterocycles. The molecule has 3 rings (SSSR count). The molecule has 3 N–H and O–H groups in total. The fraction of sp³-hybridized carbons (Fsp3) is 0.385. The lowest BCUT2D eigenvalue weighted by Crippen LogP contribution is -3.00. The monoisotopic (exact) mass is 297 g/mol. The number of pyridine rings is 1. The molecule has 1 atom stereocenters. The molecule has 0 saturated carbocycles. The van der Waals surface area contributed by atoms with E-state index in [0.29, 0.717) is 11.3 Å². The number of H-pyrrole nitrogens is 2. The topological polar surface area (TPSA) is 81.4 Å². The van der Waals surface area contributed by atoms with Gasteiger partial charge in [-0.15, -0.1) is 0 Å². The number of hydrogen-bond donors (Lipinski definition) is 2. The summed E-state index contributed by atoms with van der Waals surface area (Å²) in [6.07, 6.45) is 1.80. The van der Waals surface area contributed by atoms with Crippen LogP contribution in [0.25, 0.3) is 0 Å². The summed E-state index contributed by atoms with van der Waals surface area (Å²) in [5, 5.41) is 13.7. The van der Waals surface area contributed by atoms with Crippen molar-refractivity contribution in [2.45, 2.75) is 26.2 Å². The highest BCUT2D eigenvalue weighted by Gasteiger charge is 2.45. The molecule has 1 aliphatic rings. The van der Waals surface area contributed by atoms with E-state index < -0.39 is 5.79 Å². The van der Waals surface area contributed by atoms with Crippen LogP contribution in [0, 0.1) is 13.8 Å². The molecule has 6 nitrogen and oxygen atoms in total. The normalized spacial score (nSPS) is 20.6. The van der Waals surface area contributed by atoms with Gasteiger partial charge in [-0.05, 0) is 6.92 Å². The third-order valence-corrected chi connectivity index (χ3v) is 3.55. The molecule has 0 amide bonds. The maximum absolute atomic E-state index is 12.2. The van der Waals surface area contributed by atoms with Gasteiger partial charge in [0.2, 0.25) is 5.79 Å². The van der Waals surface area contributed by atoms with Gasteiger partial charge >= 0.3 is 0 Å². The molecule has 1 unspecified atom stereocenters. The Labute approximate surface area is 121 Å². The lowest BCUT2D eigenvalue weighted by molar-refractivity contribution is -0.388. The van der Waals surface area contributed by atoms with Gasteiger partial charge in [0.25, 0.3) is 5.56 Å². The van der Waals surface area contributed by atoms with Crippen LogP contribution in [-0.2, 0) is 24.2 Å². The Hall–Kier alpha value is -1.63. The van der Waals surface area contributed by atoms with Gasteiger partial charge in [-0.3, -0.25) is 14.6 Å². The molecule has 0 radical (unpaired) electrons. The van der Waals surface area contributed by atoms with E-state index in [4.69, 9.17) is 4.74 Å². The summed E-state index contributed by atoms with van der Waals surface area (Å²) >= 11 is 0. The predicted molar refractivity (Wildman–Crippen MR) is 66.3 cm³/mol. The minimum atomic E-state index is -1.67. The number of nitrogens with zero attached hydrogens (tertiary/aromatic N) is 1. The van der Waals surface area contributed by atoms with E-state index in [-0.39, 0.29) is 30.1 Å². The van der Waals surface area contributed by atoms with E-state index in [1.807, 2.05) is 13.0 Å². The first kappa shape index (κ1) is 14.8. The van der Waals surface area contributed by atoms with Gasteiger partial charge in [-0.25, -0.2) is 4.98 Å². The zero-order chi connectivity index (χ0) is 13.8. The van der Waals surface area contributed by atoms with Crippen LogP contribution in [0.4, 0.5) is 0 Å². The number of aliphatic hydroxyl groups is 1. The molecular weight excluding hydrogens is 282 g/mol.